The predicted octanol–water partition coefficient (Wildman–Crippen LogP) is 1.14. The Labute approximate surface area is 98.6 Å². The third-order valence-corrected chi connectivity index (χ3v) is 2.37. The first-order valence-corrected chi connectivity index (χ1v) is 5.17. The van der Waals surface area contributed by atoms with E-state index in [0.717, 1.165) is 10.9 Å². The number of ether oxygens (including phenoxy) is 1. The highest BCUT2D eigenvalue weighted by Gasteiger charge is 2.07. The van der Waals surface area contributed by atoms with E-state index < -0.39 is 0 Å². The van der Waals surface area contributed by atoms with E-state index in [4.69, 9.17) is 10.5 Å². The maximum atomic E-state index is 11.3. The molecule has 1 amide bonds. The van der Waals surface area contributed by atoms with Crippen molar-refractivity contribution in [1.82, 2.24) is 4.98 Å². The Balaban J connectivity index is 2.54. The molecule has 0 aliphatic rings. The lowest BCUT2D eigenvalue weighted by atomic mass is 10.1. The second kappa shape index (κ2) is 4.80. The molecule has 2 rings (SSSR count). The largest absolute Gasteiger partial charge is 0.497 e. The first-order valence-electron chi connectivity index (χ1n) is 5.17. The minimum absolute atomic E-state index is 0.0640. The summed E-state index contributed by atoms with van der Waals surface area (Å²) in [5.41, 5.74) is 6.60. The fourth-order valence-electron chi connectivity index (χ4n) is 1.58. The highest BCUT2D eigenvalue weighted by atomic mass is 16.5. The van der Waals surface area contributed by atoms with Gasteiger partial charge in [-0.25, -0.2) is 0 Å². The summed E-state index contributed by atoms with van der Waals surface area (Å²) < 4.78 is 5.17. The normalized spacial score (nSPS) is 10.2. The van der Waals surface area contributed by atoms with Gasteiger partial charge in [-0.2, -0.15) is 0 Å². The zero-order chi connectivity index (χ0) is 12.3. The Morgan fingerprint density at radius 2 is 2.35 bits per heavy atom. The van der Waals surface area contributed by atoms with Gasteiger partial charge in [0.15, 0.2) is 0 Å². The topological polar surface area (TPSA) is 77.2 Å². The van der Waals surface area contributed by atoms with Crippen molar-refractivity contribution in [2.45, 2.75) is 0 Å². The van der Waals surface area contributed by atoms with Gasteiger partial charge in [0.2, 0.25) is 5.91 Å². The first kappa shape index (κ1) is 11.3. The lowest BCUT2D eigenvalue weighted by Gasteiger charge is -2.09. The van der Waals surface area contributed by atoms with Crippen molar-refractivity contribution in [1.29, 1.82) is 0 Å². The number of carbonyl (C=O) groups excluding carboxylic acids is 1. The maximum absolute atomic E-state index is 11.3. The van der Waals surface area contributed by atoms with Gasteiger partial charge in [0.25, 0.3) is 0 Å². The number of benzene rings is 1. The summed E-state index contributed by atoms with van der Waals surface area (Å²) in [6.07, 6.45) is 1.67. The Morgan fingerprint density at radius 3 is 3.06 bits per heavy atom. The summed E-state index contributed by atoms with van der Waals surface area (Å²) in [5.74, 6) is 0.406. The second-order valence-corrected chi connectivity index (χ2v) is 3.50. The molecular formula is C12H13N3O2. The van der Waals surface area contributed by atoms with E-state index in [2.05, 4.69) is 10.3 Å². The van der Waals surface area contributed by atoms with E-state index >= 15 is 0 Å². The fraction of sp³-hybridized carbons (Fsp3) is 0.167. The second-order valence-electron chi connectivity index (χ2n) is 3.50. The molecule has 0 saturated carbocycles. The summed E-state index contributed by atoms with van der Waals surface area (Å²) in [5, 5.41) is 3.60. The number of rotatable bonds is 3. The van der Waals surface area contributed by atoms with Crippen LogP contribution in [0.4, 0.5) is 5.69 Å². The van der Waals surface area contributed by atoms with Crippen LogP contribution in [0.1, 0.15) is 0 Å². The van der Waals surface area contributed by atoms with Gasteiger partial charge in [-0.1, -0.05) is 6.07 Å². The highest BCUT2D eigenvalue weighted by molar-refractivity contribution is 6.01. The van der Waals surface area contributed by atoms with Crippen molar-refractivity contribution in [2.75, 3.05) is 19.0 Å². The molecule has 5 heteroatoms. The third kappa shape index (κ3) is 2.34. The molecule has 88 valence electrons. The van der Waals surface area contributed by atoms with E-state index in [9.17, 15) is 4.79 Å². The number of methoxy groups -OCH3 is 1. The average Bonchev–Trinajstić information content (AvgIpc) is 2.38. The van der Waals surface area contributed by atoms with Gasteiger partial charge in [-0.05, 0) is 12.1 Å². The van der Waals surface area contributed by atoms with Crippen LogP contribution in [-0.2, 0) is 4.79 Å². The zero-order valence-electron chi connectivity index (χ0n) is 9.43. The number of hydrogen-bond acceptors (Lipinski definition) is 4. The van der Waals surface area contributed by atoms with Gasteiger partial charge < -0.3 is 15.8 Å². The minimum atomic E-state index is -0.259. The van der Waals surface area contributed by atoms with Gasteiger partial charge in [-0.15, -0.1) is 0 Å². The molecule has 0 spiro atoms. The van der Waals surface area contributed by atoms with Gasteiger partial charge in [0, 0.05) is 17.6 Å². The Morgan fingerprint density at radius 1 is 1.53 bits per heavy atom. The van der Waals surface area contributed by atoms with Crippen LogP contribution in [0.15, 0.2) is 30.5 Å². The van der Waals surface area contributed by atoms with Gasteiger partial charge >= 0.3 is 0 Å². The molecule has 0 unspecified atom stereocenters. The summed E-state index contributed by atoms with van der Waals surface area (Å²) in [4.78, 5) is 15.6. The van der Waals surface area contributed by atoms with Crippen LogP contribution in [0.2, 0.25) is 0 Å². The average molecular weight is 231 g/mol. The van der Waals surface area contributed by atoms with Crippen molar-refractivity contribution in [3.8, 4) is 5.75 Å². The first-order chi connectivity index (χ1) is 8.24. The van der Waals surface area contributed by atoms with Crippen molar-refractivity contribution >= 4 is 22.5 Å². The molecule has 0 atom stereocenters. The Kier molecular flexibility index (Phi) is 3.20. The number of fused-ring (bicyclic) bond motifs is 1. The molecule has 1 aromatic heterocycles. The van der Waals surface area contributed by atoms with Crippen LogP contribution in [0.5, 0.6) is 5.75 Å². The predicted molar refractivity (Wildman–Crippen MR) is 66.0 cm³/mol. The molecule has 17 heavy (non-hydrogen) atoms. The van der Waals surface area contributed by atoms with E-state index in [1.807, 2.05) is 18.2 Å². The summed E-state index contributed by atoms with van der Waals surface area (Å²) >= 11 is 0. The number of hydrogen-bond donors (Lipinski definition) is 2. The molecule has 1 aromatic carbocycles. The number of amides is 1. The number of carbonyl (C=O) groups is 1. The number of aromatic nitrogens is 1. The van der Waals surface area contributed by atoms with E-state index in [1.54, 1.807) is 19.4 Å². The van der Waals surface area contributed by atoms with Crippen LogP contribution >= 0.6 is 0 Å². The van der Waals surface area contributed by atoms with Crippen molar-refractivity contribution in [3.63, 3.8) is 0 Å². The van der Waals surface area contributed by atoms with Crippen molar-refractivity contribution in [2.24, 2.45) is 5.73 Å². The van der Waals surface area contributed by atoms with Crippen LogP contribution in [0.3, 0.4) is 0 Å². The third-order valence-electron chi connectivity index (χ3n) is 2.37. The molecule has 5 nitrogen and oxygen atoms in total. The van der Waals surface area contributed by atoms with Crippen LogP contribution in [0, 0.1) is 0 Å². The molecule has 3 N–H and O–H groups in total. The summed E-state index contributed by atoms with van der Waals surface area (Å²) in [6, 6.07) is 7.32. The number of pyridine rings is 1. The van der Waals surface area contributed by atoms with Gasteiger partial charge in [0.1, 0.15) is 5.75 Å². The van der Waals surface area contributed by atoms with Crippen molar-refractivity contribution < 1.29 is 9.53 Å². The number of anilines is 1. The lowest BCUT2D eigenvalue weighted by Crippen LogP contribution is -2.22. The molecule has 0 saturated heterocycles. The lowest BCUT2D eigenvalue weighted by molar-refractivity contribution is -0.114. The van der Waals surface area contributed by atoms with Gasteiger partial charge in [0.05, 0.1) is 24.9 Å². The van der Waals surface area contributed by atoms with Crippen LogP contribution in [0.25, 0.3) is 10.9 Å². The summed E-state index contributed by atoms with van der Waals surface area (Å²) in [7, 11) is 1.58. The van der Waals surface area contributed by atoms with Crippen LogP contribution in [-0.4, -0.2) is 24.5 Å². The molecule has 0 bridgehead atoms. The smallest absolute Gasteiger partial charge is 0.238 e. The van der Waals surface area contributed by atoms with Crippen molar-refractivity contribution in [3.05, 3.63) is 30.5 Å². The van der Waals surface area contributed by atoms with E-state index in [-0.39, 0.29) is 12.5 Å². The van der Waals surface area contributed by atoms with Crippen LogP contribution < -0.4 is 15.8 Å². The molecule has 2 aromatic rings. The molecule has 1 heterocycles. The Bertz CT molecular complexity index is 554. The zero-order valence-corrected chi connectivity index (χ0v) is 9.43. The summed E-state index contributed by atoms with van der Waals surface area (Å²) in [6.45, 7) is -0.0640. The fourth-order valence-corrected chi connectivity index (χ4v) is 1.58. The molecule has 0 fully saturated rings. The Hall–Kier alpha value is -2.14. The highest BCUT2D eigenvalue weighted by Crippen LogP contribution is 2.27. The molecular weight excluding hydrogens is 218 g/mol. The molecule has 0 aliphatic carbocycles. The maximum Gasteiger partial charge on any atom is 0.238 e. The number of nitrogens with one attached hydrogen (secondary N) is 1. The SMILES string of the molecule is COc1cc(NC(=O)CN)c2ncccc2c1. The van der Waals surface area contributed by atoms with E-state index in [1.165, 1.54) is 0 Å². The number of nitrogens with zero attached hydrogens (tertiary/aromatic N) is 1. The van der Waals surface area contributed by atoms with Gasteiger partial charge in [-0.3, -0.25) is 9.78 Å². The number of nitrogens with two attached hydrogens (primary N) is 1. The van der Waals surface area contributed by atoms with E-state index in [0.29, 0.717) is 11.4 Å². The standard InChI is InChI=1S/C12H13N3O2/c1-17-9-5-8-3-2-4-14-12(8)10(6-9)15-11(16)7-13/h2-6H,7,13H2,1H3,(H,15,16). The molecule has 0 radical (unpaired) electrons. The minimum Gasteiger partial charge on any atom is -0.497 e. The monoisotopic (exact) mass is 231 g/mol. The quantitative estimate of drug-likeness (QED) is 0.830. The molecule has 0 aliphatic heterocycles.